The summed E-state index contributed by atoms with van der Waals surface area (Å²) in [5, 5.41) is 12.3. The van der Waals surface area contributed by atoms with Gasteiger partial charge in [-0.3, -0.25) is 14.6 Å². The average molecular weight is 298 g/mol. The number of hydrogen-bond donors (Lipinski definition) is 2. The van der Waals surface area contributed by atoms with Crippen LogP contribution in [0.4, 0.5) is 0 Å². The van der Waals surface area contributed by atoms with Crippen LogP contribution in [0, 0.1) is 5.92 Å². The first-order chi connectivity index (χ1) is 10.1. The second-order valence-corrected chi connectivity index (χ2v) is 6.37. The van der Waals surface area contributed by atoms with Crippen LogP contribution < -0.4 is 5.32 Å². The molecule has 0 aliphatic carbocycles. The average Bonchev–Trinajstić information content (AvgIpc) is 2.50. The predicted molar refractivity (Wildman–Crippen MR) is 83.2 cm³/mol. The number of amides is 1. The van der Waals surface area contributed by atoms with Crippen molar-refractivity contribution in [3.63, 3.8) is 0 Å². The zero-order valence-electron chi connectivity index (χ0n) is 13.4. The molecular weight excluding hydrogens is 268 g/mol. The van der Waals surface area contributed by atoms with E-state index in [0.29, 0.717) is 11.8 Å². The normalized spacial score (nSPS) is 23.5. The summed E-state index contributed by atoms with van der Waals surface area (Å²) < 4.78 is 0. The maximum atomic E-state index is 12.8. The van der Waals surface area contributed by atoms with Crippen molar-refractivity contribution in [1.82, 2.24) is 20.0 Å². The van der Waals surface area contributed by atoms with Gasteiger partial charge in [0.15, 0.2) is 0 Å². The van der Waals surface area contributed by atoms with Gasteiger partial charge in [-0.1, -0.05) is 13.8 Å². The highest BCUT2D eigenvalue weighted by Gasteiger charge is 2.34. The number of nitrogens with one attached hydrogen (secondary N) is 1. The van der Waals surface area contributed by atoms with Crippen molar-refractivity contribution in [2.24, 2.45) is 5.92 Å². The Hall–Kier alpha value is -0.690. The zero-order valence-corrected chi connectivity index (χ0v) is 13.4. The molecule has 1 amide bonds. The lowest BCUT2D eigenvalue weighted by Crippen LogP contribution is -2.59. The molecule has 122 valence electrons. The summed E-state index contributed by atoms with van der Waals surface area (Å²) in [7, 11) is 0. The van der Waals surface area contributed by atoms with Crippen LogP contribution in [0.2, 0.25) is 0 Å². The zero-order chi connectivity index (χ0) is 15.2. The van der Waals surface area contributed by atoms with Crippen LogP contribution in [0.5, 0.6) is 0 Å². The fourth-order valence-electron chi connectivity index (χ4n) is 3.34. The van der Waals surface area contributed by atoms with E-state index < -0.39 is 0 Å². The molecular formula is C15H30N4O2. The monoisotopic (exact) mass is 298 g/mol. The molecule has 2 heterocycles. The first-order valence-corrected chi connectivity index (χ1v) is 8.20. The third-order valence-electron chi connectivity index (χ3n) is 4.53. The van der Waals surface area contributed by atoms with Gasteiger partial charge in [-0.2, -0.15) is 0 Å². The molecule has 0 saturated carbocycles. The van der Waals surface area contributed by atoms with Gasteiger partial charge in [0.25, 0.3) is 0 Å². The molecule has 0 spiro atoms. The number of piperazine rings is 2. The molecule has 0 bridgehead atoms. The number of rotatable bonds is 5. The second kappa shape index (κ2) is 8.08. The van der Waals surface area contributed by atoms with E-state index in [-0.39, 0.29) is 12.6 Å². The first kappa shape index (κ1) is 16.7. The highest BCUT2D eigenvalue weighted by Crippen LogP contribution is 2.17. The smallest absolute Gasteiger partial charge is 0.240 e. The van der Waals surface area contributed by atoms with E-state index in [1.807, 2.05) is 4.90 Å². The third-order valence-corrected chi connectivity index (χ3v) is 4.53. The molecule has 2 fully saturated rings. The molecule has 2 aliphatic heterocycles. The largest absolute Gasteiger partial charge is 0.395 e. The van der Waals surface area contributed by atoms with Gasteiger partial charge in [0.2, 0.25) is 5.91 Å². The quantitative estimate of drug-likeness (QED) is 0.686. The number of aliphatic hydroxyl groups excluding tert-OH is 1. The van der Waals surface area contributed by atoms with Crippen molar-refractivity contribution < 1.29 is 9.90 Å². The Morgan fingerprint density at radius 3 is 2.24 bits per heavy atom. The Kier molecular flexibility index (Phi) is 6.41. The van der Waals surface area contributed by atoms with E-state index >= 15 is 0 Å². The lowest BCUT2D eigenvalue weighted by atomic mass is 9.99. The number of carbonyl (C=O) groups is 1. The van der Waals surface area contributed by atoms with Crippen LogP contribution in [-0.4, -0.2) is 97.3 Å². The molecule has 1 unspecified atom stereocenters. The Morgan fingerprint density at radius 2 is 1.71 bits per heavy atom. The maximum absolute atomic E-state index is 12.8. The van der Waals surface area contributed by atoms with E-state index in [2.05, 4.69) is 29.0 Å². The van der Waals surface area contributed by atoms with Gasteiger partial charge < -0.3 is 15.3 Å². The first-order valence-electron chi connectivity index (χ1n) is 8.20. The molecule has 0 aromatic carbocycles. The maximum Gasteiger partial charge on any atom is 0.240 e. The molecule has 6 nitrogen and oxygen atoms in total. The molecule has 0 aromatic rings. The number of hydrogen-bond acceptors (Lipinski definition) is 5. The van der Waals surface area contributed by atoms with Gasteiger partial charge in [0, 0.05) is 58.9 Å². The van der Waals surface area contributed by atoms with E-state index in [1.165, 1.54) is 0 Å². The SMILES string of the molecule is CC(C)C(C(=O)N1CCNCC1)N1CCN(CCO)CC1. The highest BCUT2D eigenvalue weighted by molar-refractivity contribution is 5.82. The summed E-state index contributed by atoms with van der Waals surface area (Å²) in [5.74, 6) is 0.624. The summed E-state index contributed by atoms with van der Waals surface area (Å²) in [6.45, 7) is 12.4. The minimum absolute atomic E-state index is 0.000577. The Balaban J connectivity index is 1.94. The molecule has 21 heavy (non-hydrogen) atoms. The topological polar surface area (TPSA) is 59.1 Å². The molecule has 0 aromatic heterocycles. The van der Waals surface area contributed by atoms with Gasteiger partial charge in [0.05, 0.1) is 12.6 Å². The standard InChI is InChI=1S/C15H30N4O2/c1-13(2)14(15(21)19-5-3-16-4-6-19)18-9-7-17(8-10-18)11-12-20/h13-14,16,20H,3-12H2,1-2H3. The third kappa shape index (κ3) is 4.39. The molecule has 0 radical (unpaired) electrons. The van der Waals surface area contributed by atoms with Crippen molar-refractivity contribution in [3.8, 4) is 0 Å². The van der Waals surface area contributed by atoms with Crippen molar-refractivity contribution in [3.05, 3.63) is 0 Å². The van der Waals surface area contributed by atoms with Gasteiger partial charge in [0.1, 0.15) is 0 Å². The fraction of sp³-hybridized carbons (Fsp3) is 0.933. The van der Waals surface area contributed by atoms with Crippen LogP contribution in [-0.2, 0) is 4.79 Å². The molecule has 2 aliphatic rings. The number of nitrogens with zero attached hydrogens (tertiary/aromatic N) is 3. The molecule has 1 atom stereocenters. The van der Waals surface area contributed by atoms with Crippen molar-refractivity contribution >= 4 is 5.91 Å². The summed E-state index contributed by atoms with van der Waals surface area (Å²) in [4.78, 5) is 19.5. The number of aliphatic hydroxyl groups is 1. The van der Waals surface area contributed by atoms with Crippen LogP contribution >= 0.6 is 0 Å². The van der Waals surface area contributed by atoms with Gasteiger partial charge in [-0.25, -0.2) is 0 Å². The molecule has 2 N–H and O–H groups in total. The lowest BCUT2D eigenvalue weighted by molar-refractivity contribution is -0.140. The summed E-state index contributed by atoms with van der Waals surface area (Å²) in [6, 6.07) is -0.000577. The van der Waals surface area contributed by atoms with E-state index in [4.69, 9.17) is 5.11 Å². The Morgan fingerprint density at radius 1 is 1.10 bits per heavy atom. The van der Waals surface area contributed by atoms with Crippen LogP contribution in [0.1, 0.15) is 13.8 Å². The summed E-state index contributed by atoms with van der Waals surface area (Å²) >= 11 is 0. The summed E-state index contributed by atoms with van der Waals surface area (Å²) in [5.41, 5.74) is 0. The van der Waals surface area contributed by atoms with Gasteiger partial charge >= 0.3 is 0 Å². The van der Waals surface area contributed by atoms with Crippen LogP contribution in [0.3, 0.4) is 0 Å². The summed E-state index contributed by atoms with van der Waals surface area (Å²) in [6.07, 6.45) is 0. The van der Waals surface area contributed by atoms with Crippen LogP contribution in [0.15, 0.2) is 0 Å². The number of β-amino-alcohol motifs (C(OH)–C–C–N with tert-alkyl or cyclic N) is 1. The minimum atomic E-state index is -0.000577. The van der Waals surface area contributed by atoms with E-state index in [0.717, 1.165) is 58.9 Å². The van der Waals surface area contributed by atoms with E-state index in [9.17, 15) is 4.79 Å². The van der Waals surface area contributed by atoms with Gasteiger partial charge in [-0.15, -0.1) is 0 Å². The van der Waals surface area contributed by atoms with E-state index in [1.54, 1.807) is 0 Å². The van der Waals surface area contributed by atoms with Crippen molar-refractivity contribution in [1.29, 1.82) is 0 Å². The molecule has 2 rings (SSSR count). The highest BCUT2D eigenvalue weighted by atomic mass is 16.3. The Bertz CT molecular complexity index is 324. The Labute approximate surface area is 128 Å². The van der Waals surface area contributed by atoms with Crippen molar-refractivity contribution in [2.75, 3.05) is 65.5 Å². The molecule has 2 saturated heterocycles. The van der Waals surface area contributed by atoms with Crippen LogP contribution in [0.25, 0.3) is 0 Å². The van der Waals surface area contributed by atoms with Crippen molar-refractivity contribution in [2.45, 2.75) is 19.9 Å². The second-order valence-electron chi connectivity index (χ2n) is 6.37. The fourth-order valence-corrected chi connectivity index (χ4v) is 3.34. The molecule has 6 heteroatoms. The lowest BCUT2D eigenvalue weighted by Gasteiger charge is -2.42. The number of carbonyl (C=O) groups excluding carboxylic acids is 1. The minimum Gasteiger partial charge on any atom is -0.395 e. The van der Waals surface area contributed by atoms with Gasteiger partial charge in [-0.05, 0) is 5.92 Å². The predicted octanol–water partition coefficient (Wildman–Crippen LogP) is -0.947.